The van der Waals surface area contributed by atoms with Crippen LogP contribution in [-0.4, -0.2) is 36.5 Å². The summed E-state index contributed by atoms with van der Waals surface area (Å²) in [5.41, 5.74) is 0. The number of nitrogens with zero attached hydrogens (tertiary/aromatic N) is 1. The SMILES string of the molecule is O=C(CN1CCCC1)NC1CC1. The van der Waals surface area contributed by atoms with Gasteiger partial charge in [-0.05, 0) is 38.8 Å². The highest BCUT2D eigenvalue weighted by atomic mass is 16.2. The smallest absolute Gasteiger partial charge is 0.234 e. The van der Waals surface area contributed by atoms with Crippen molar-refractivity contribution in [2.24, 2.45) is 0 Å². The summed E-state index contributed by atoms with van der Waals surface area (Å²) in [5, 5.41) is 3.00. The molecule has 0 spiro atoms. The van der Waals surface area contributed by atoms with Gasteiger partial charge in [-0.15, -0.1) is 0 Å². The Bertz CT molecular complexity index is 171. The Morgan fingerprint density at radius 3 is 2.58 bits per heavy atom. The van der Waals surface area contributed by atoms with Crippen LogP contribution in [0.2, 0.25) is 0 Å². The second kappa shape index (κ2) is 3.44. The zero-order valence-corrected chi connectivity index (χ0v) is 7.38. The molecule has 0 aromatic rings. The molecule has 2 rings (SSSR count). The third-order valence-electron chi connectivity index (χ3n) is 2.51. The molecule has 0 radical (unpaired) electrons. The van der Waals surface area contributed by atoms with Crippen molar-refractivity contribution in [2.75, 3.05) is 19.6 Å². The molecule has 1 saturated heterocycles. The van der Waals surface area contributed by atoms with Crippen molar-refractivity contribution in [2.45, 2.75) is 31.7 Å². The first-order valence-corrected chi connectivity index (χ1v) is 4.86. The van der Waals surface area contributed by atoms with E-state index in [1.165, 1.54) is 25.7 Å². The molecule has 0 aromatic heterocycles. The number of carbonyl (C=O) groups excluding carboxylic acids is 1. The second-order valence-electron chi connectivity index (χ2n) is 3.83. The second-order valence-corrected chi connectivity index (χ2v) is 3.83. The lowest BCUT2D eigenvalue weighted by Crippen LogP contribution is -2.36. The Morgan fingerprint density at radius 2 is 2.00 bits per heavy atom. The Labute approximate surface area is 73.1 Å². The molecule has 0 atom stereocenters. The molecule has 3 heteroatoms. The Kier molecular flexibility index (Phi) is 2.30. The van der Waals surface area contributed by atoms with Crippen molar-refractivity contribution in [3.05, 3.63) is 0 Å². The zero-order chi connectivity index (χ0) is 8.39. The monoisotopic (exact) mass is 168 g/mol. The summed E-state index contributed by atoms with van der Waals surface area (Å²) in [5.74, 6) is 0.222. The maximum atomic E-state index is 11.3. The Morgan fingerprint density at radius 1 is 1.33 bits per heavy atom. The highest BCUT2D eigenvalue weighted by Crippen LogP contribution is 2.18. The van der Waals surface area contributed by atoms with Crippen molar-refractivity contribution in [3.63, 3.8) is 0 Å². The van der Waals surface area contributed by atoms with Gasteiger partial charge in [-0.3, -0.25) is 9.69 Å². The minimum absolute atomic E-state index is 0.222. The predicted molar refractivity (Wildman–Crippen MR) is 46.8 cm³/mol. The Hall–Kier alpha value is -0.570. The average molecular weight is 168 g/mol. The standard InChI is InChI=1S/C9H16N2O/c12-9(10-8-3-4-8)7-11-5-1-2-6-11/h8H,1-7H2,(H,10,12). The minimum Gasteiger partial charge on any atom is -0.352 e. The number of likely N-dealkylation sites (tertiary alicyclic amines) is 1. The molecule has 12 heavy (non-hydrogen) atoms. The molecule has 0 unspecified atom stereocenters. The number of hydrogen-bond acceptors (Lipinski definition) is 2. The van der Waals surface area contributed by atoms with Crippen LogP contribution in [0.5, 0.6) is 0 Å². The van der Waals surface area contributed by atoms with Gasteiger partial charge >= 0.3 is 0 Å². The number of hydrogen-bond donors (Lipinski definition) is 1. The molecule has 1 aliphatic carbocycles. The van der Waals surface area contributed by atoms with Crippen LogP contribution in [0.1, 0.15) is 25.7 Å². The first kappa shape index (κ1) is 8.05. The first-order chi connectivity index (χ1) is 5.84. The molecule has 1 aliphatic heterocycles. The summed E-state index contributed by atoms with van der Waals surface area (Å²) in [6.07, 6.45) is 4.89. The maximum Gasteiger partial charge on any atom is 0.234 e. The topological polar surface area (TPSA) is 32.3 Å². The van der Waals surface area contributed by atoms with E-state index in [0.717, 1.165) is 13.1 Å². The van der Waals surface area contributed by atoms with Crippen LogP contribution in [0.25, 0.3) is 0 Å². The maximum absolute atomic E-state index is 11.3. The highest BCUT2D eigenvalue weighted by Gasteiger charge is 2.24. The van der Waals surface area contributed by atoms with Crippen molar-refractivity contribution >= 4 is 5.91 Å². The van der Waals surface area contributed by atoms with Gasteiger partial charge in [-0.2, -0.15) is 0 Å². The van der Waals surface area contributed by atoms with Gasteiger partial charge < -0.3 is 5.32 Å². The van der Waals surface area contributed by atoms with E-state index in [4.69, 9.17) is 0 Å². The molecular formula is C9H16N2O. The van der Waals surface area contributed by atoms with E-state index in [0.29, 0.717) is 12.6 Å². The van der Waals surface area contributed by atoms with E-state index >= 15 is 0 Å². The van der Waals surface area contributed by atoms with E-state index in [-0.39, 0.29) is 5.91 Å². The van der Waals surface area contributed by atoms with Crippen LogP contribution in [0.15, 0.2) is 0 Å². The molecule has 0 aromatic carbocycles. The van der Waals surface area contributed by atoms with Gasteiger partial charge in [-0.1, -0.05) is 0 Å². The van der Waals surface area contributed by atoms with E-state index in [9.17, 15) is 4.79 Å². The molecule has 3 nitrogen and oxygen atoms in total. The molecule has 68 valence electrons. The summed E-state index contributed by atoms with van der Waals surface area (Å²) in [6.45, 7) is 2.84. The normalized spacial score (nSPS) is 24.3. The largest absolute Gasteiger partial charge is 0.352 e. The lowest BCUT2D eigenvalue weighted by molar-refractivity contribution is -0.122. The fourth-order valence-corrected chi connectivity index (χ4v) is 1.64. The van der Waals surface area contributed by atoms with E-state index in [2.05, 4.69) is 10.2 Å². The summed E-state index contributed by atoms with van der Waals surface area (Å²) < 4.78 is 0. The van der Waals surface area contributed by atoms with Crippen LogP contribution in [-0.2, 0) is 4.79 Å². The molecule has 1 N–H and O–H groups in total. The quantitative estimate of drug-likeness (QED) is 0.660. The number of rotatable bonds is 3. The molecule has 1 heterocycles. The van der Waals surface area contributed by atoms with E-state index in [1.54, 1.807) is 0 Å². The summed E-state index contributed by atoms with van der Waals surface area (Å²) in [4.78, 5) is 13.5. The van der Waals surface area contributed by atoms with Gasteiger partial charge in [0.15, 0.2) is 0 Å². The fourth-order valence-electron chi connectivity index (χ4n) is 1.64. The molecular weight excluding hydrogens is 152 g/mol. The number of nitrogens with one attached hydrogen (secondary N) is 1. The van der Waals surface area contributed by atoms with Crippen LogP contribution < -0.4 is 5.32 Å². The van der Waals surface area contributed by atoms with Gasteiger partial charge in [0.1, 0.15) is 0 Å². The zero-order valence-electron chi connectivity index (χ0n) is 7.38. The third kappa shape index (κ3) is 2.21. The third-order valence-corrected chi connectivity index (χ3v) is 2.51. The van der Waals surface area contributed by atoms with Crippen LogP contribution >= 0.6 is 0 Å². The highest BCUT2D eigenvalue weighted by molar-refractivity contribution is 5.78. The van der Waals surface area contributed by atoms with E-state index < -0.39 is 0 Å². The van der Waals surface area contributed by atoms with Crippen LogP contribution in [0.3, 0.4) is 0 Å². The summed E-state index contributed by atoms with van der Waals surface area (Å²) in [6, 6.07) is 0.514. The number of carbonyl (C=O) groups is 1. The summed E-state index contributed by atoms with van der Waals surface area (Å²) in [7, 11) is 0. The van der Waals surface area contributed by atoms with Gasteiger partial charge in [-0.25, -0.2) is 0 Å². The van der Waals surface area contributed by atoms with Crippen LogP contribution in [0, 0.1) is 0 Å². The summed E-state index contributed by atoms with van der Waals surface area (Å²) >= 11 is 0. The molecule has 2 fully saturated rings. The molecule has 2 aliphatic rings. The first-order valence-electron chi connectivity index (χ1n) is 4.86. The fraction of sp³-hybridized carbons (Fsp3) is 0.889. The average Bonchev–Trinajstić information content (AvgIpc) is 2.66. The van der Waals surface area contributed by atoms with Crippen molar-refractivity contribution in [1.82, 2.24) is 10.2 Å². The van der Waals surface area contributed by atoms with Crippen LogP contribution in [0.4, 0.5) is 0 Å². The minimum atomic E-state index is 0.222. The van der Waals surface area contributed by atoms with Gasteiger partial charge in [0.2, 0.25) is 5.91 Å². The van der Waals surface area contributed by atoms with Crippen molar-refractivity contribution in [3.8, 4) is 0 Å². The van der Waals surface area contributed by atoms with Gasteiger partial charge in [0.05, 0.1) is 6.54 Å². The molecule has 1 saturated carbocycles. The van der Waals surface area contributed by atoms with E-state index in [1.807, 2.05) is 0 Å². The predicted octanol–water partition coefficient (Wildman–Crippen LogP) is 0.361. The molecule has 1 amide bonds. The van der Waals surface area contributed by atoms with Gasteiger partial charge in [0.25, 0.3) is 0 Å². The lowest BCUT2D eigenvalue weighted by atomic mass is 10.4. The van der Waals surface area contributed by atoms with Crippen molar-refractivity contribution < 1.29 is 4.79 Å². The molecule has 0 bridgehead atoms. The van der Waals surface area contributed by atoms with Crippen molar-refractivity contribution in [1.29, 1.82) is 0 Å². The lowest BCUT2D eigenvalue weighted by Gasteiger charge is -2.13. The van der Waals surface area contributed by atoms with Gasteiger partial charge in [0, 0.05) is 6.04 Å². The number of amides is 1. The Balaban J connectivity index is 1.66.